The molecule has 8 aromatic rings. The molecule has 0 unspecified atom stereocenters. The molecule has 0 saturated carbocycles. The molecule has 6 aromatic carbocycles. The lowest BCUT2D eigenvalue weighted by molar-refractivity contribution is 0.630. The van der Waals surface area contributed by atoms with Gasteiger partial charge < -0.3 is 0 Å². The van der Waals surface area contributed by atoms with Crippen LogP contribution < -0.4 is 0 Å². The van der Waals surface area contributed by atoms with Crippen LogP contribution in [0.25, 0.3) is 76.3 Å². The Morgan fingerprint density at radius 1 is 0.432 bits per heavy atom. The van der Waals surface area contributed by atoms with Crippen LogP contribution in [0.15, 0.2) is 152 Å². The number of halogens is 1. The predicted molar refractivity (Wildman–Crippen MR) is 182 cm³/mol. The summed E-state index contributed by atoms with van der Waals surface area (Å²) in [5, 5.41) is 2.52. The number of benzene rings is 6. The minimum atomic E-state index is -0.314. The number of nitrogens with zero attached hydrogens (tertiary/aromatic N) is 2. The van der Waals surface area contributed by atoms with Gasteiger partial charge in [0.05, 0.1) is 11.4 Å². The number of aromatic nitrogens is 2. The number of hydrogen-bond acceptors (Lipinski definition) is 3. The van der Waals surface area contributed by atoms with E-state index in [0.29, 0.717) is 17.1 Å². The highest BCUT2D eigenvalue weighted by Crippen LogP contribution is 2.42. The van der Waals surface area contributed by atoms with E-state index in [1.807, 2.05) is 59.9 Å². The second kappa shape index (κ2) is 11.0. The molecular formula is C40H25FN2S. The number of fused-ring (bicyclic) bond motifs is 3. The smallest absolute Gasteiger partial charge is 0.160 e. The average Bonchev–Trinajstić information content (AvgIpc) is 3.48. The van der Waals surface area contributed by atoms with Gasteiger partial charge in [-0.15, -0.1) is 11.3 Å². The predicted octanol–water partition coefficient (Wildman–Crippen LogP) is 11.3. The van der Waals surface area contributed by atoms with Gasteiger partial charge >= 0.3 is 0 Å². The zero-order chi connectivity index (χ0) is 29.5. The number of rotatable bonds is 5. The van der Waals surface area contributed by atoms with E-state index in [0.717, 1.165) is 33.5 Å². The fourth-order valence-corrected chi connectivity index (χ4v) is 7.06. The Labute approximate surface area is 258 Å². The second-order valence-electron chi connectivity index (χ2n) is 10.8. The van der Waals surface area contributed by atoms with E-state index in [2.05, 4.69) is 84.9 Å². The molecule has 0 amide bonds. The molecule has 2 aromatic heterocycles. The maximum absolute atomic E-state index is 15.1. The quantitative estimate of drug-likeness (QED) is 0.201. The molecule has 0 bridgehead atoms. The van der Waals surface area contributed by atoms with Crippen molar-refractivity contribution in [2.45, 2.75) is 0 Å². The number of thiophene rings is 1. The van der Waals surface area contributed by atoms with E-state index in [1.54, 1.807) is 12.1 Å². The Balaban J connectivity index is 1.39. The third-order valence-corrected chi connectivity index (χ3v) is 9.18. The molecule has 0 aliphatic carbocycles. The fraction of sp³-hybridized carbons (Fsp3) is 0. The Morgan fingerprint density at radius 3 is 1.86 bits per heavy atom. The lowest BCUT2D eigenvalue weighted by atomic mass is 9.94. The third kappa shape index (κ3) is 4.76. The average molecular weight is 585 g/mol. The van der Waals surface area contributed by atoms with Crippen molar-refractivity contribution >= 4 is 31.5 Å². The minimum Gasteiger partial charge on any atom is -0.228 e. The lowest BCUT2D eigenvalue weighted by Gasteiger charge is -2.14. The molecule has 0 spiro atoms. The van der Waals surface area contributed by atoms with Crippen LogP contribution in [0.3, 0.4) is 0 Å². The molecule has 0 fully saturated rings. The van der Waals surface area contributed by atoms with Crippen molar-refractivity contribution in [3.63, 3.8) is 0 Å². The first kappa shape index (κ1) is 26.2. The van der Waals surface area contributed by atoms with Gasteiger partial charge in [-0.3, -0.25) is 0 Å². The molecule has 0 aliphatic heterocycles. The molecule has 4 heteroatoms. The highest BCUT2D eigenvalue weighted by atomic mass is 32.1. The standard InChI is InChI=1S/C40H25FN2S/c41-35-20-9-7-17-34(35)37-25-36(42-40(43-37)27-14-5-2-6-15-27)30-23-28(26-12-3-1-4-13-26)22-29(24-30)31-18-11-19-33-32-16-8-10-21-38(32)44-39(31)33/h1-25H. The Morgan fingerprint density at radius 2 is 1.05 bits per heavy atom. The van der Waals surface area contributed by atoms with Crippen molar-refractivity contribution in [3.05, 3.63) is 157 Å². The van der Waals surface area contributed by atoms with Crippen molar-refractivity contribution in [3.8, 4) is 56.2 Å². The summed E-state index contributed by atoms with van der Waals surface area (Å²) >= 11 is 1.82. The zero-order valence-electron chi connectivity index (χ0n) is 23.6. The van der Waals surface area contributed by atoms with Crippen molar-refractivity contribution in [1.29, 1.82) is 0 Å². The second-order valence-corrected chi connectivity index (χ2v) is 11.8. The van der Waals surface area contributed by atoms with Crippen molar-refractivity contribution in [1.82, 2.24) is 9.97 Å². The molecule has 0 atom stereocenters. The Kier molecular flexibility index (Phi) is 6.55. The van der Waals surface area contributed by atoms with E-state index in [4.69, 9.17) is 9.97 Å². The summed E-state index contributed by atoms with van der Waals surface area (Å²) in [4.78, 5) is 9.90. The molecule has 0 aliphatic rings. The molecule has 0 N–H and O–H groups in total. The summed E-state index contributed by atoms with van der Waals surface area (Å²) < 4.78 is 17.6. The highest BCUT2D eigenvalue weighted by Gasteiger charge is 2.16. The number of hydrogen-bond donors (Lipinski definition) is 0. The monoisotopic (exact) mass is 584 g/mol. The van der Waals surface area contributed by atoms with Gasteiger partial charge in [-0.2, -0.15) is 0 Å². The summed E-state index contributed by atoms with van der Waals surface area (Å²) in [7, 11) is 0. The van der Waals surface area contributed by atoms with Gasteiger partial charge in [0.2, 0.25) is 0 Å². The maximum atomic E-state index is 15.1. The van der Waals surface area contributed by atoms with E-state index in [9.17, 15) is 0 Å². The topological polar surface area (TPSA) is 25.8 Å². The van der Waals surface area contributed by atoms with E-state index < -0.39 is 0 Å². The van der Waals surface area contributed by atoms with Gasteiger partial charge in [0, 0.05) is 36.9 Å². The molecule has 44 heavy (non-hydrogen) atoms. The van der Waals surface area contributed by atoms with E-state index >= 15 is 4.39 Å². The highest BCUT2D eigenvalue weighted by molar-refractivity contribution is 7.26. The van der Waals surface area contributed by atoms with Gasteiger partial charge in [-0.05, 0) is 64.7 Å². The molecule has 0 radical (unpaired) electrons. The summed E-state index contributed by atoms with van der Waals surface area (Å²) in [5.74, 6) is 0.242. The molecular weight excluding hydrogens is 560 g/mol. The SMILES string of the molecule is Fc1ccccc1-c1cc(-c2cc(-c3ccccc3)cc(-c3cccc4c3sc3ccccc34)c2)nc(-c2ccccc2)n1. The molecule has 8 rings (SSSR count). The minimum absolute atomic E-state index is 0.314. The van der Waals surface area contributed by atoms with Crippen LogP contribution in [0, 0.1) is 5.82 Å². The first-order valence-corrected chi connectivity index (χ1v) is 15.3. The van der Waals surface area contributed by atoms with Crippen LogP contribution in [-0.4, -0.2) is 9.97 Å². The van der Waals surface area contributed by atoms with Crippen LogP contribution in [0.4, 0.5) is 4.39 Å². The maximum Gasteiger partial charge on any atom is 0.160 e. The zero-order valence-corrected chi connectivity index (χ0v) is 24.4. The Bertz CT molecular complexity index is 2290. The third-order valence-electron chi connectivity index (χ3n) is 7.96. The van der Waals surface area contributed by atoms with Crippen LogP contribution in [0.1, 0.15) is 0 Å². The van der Waals surface area contributed by atoms with Crippen molar-refractivity contribution < 1.29 is 4.39 Å². The van der Waals surface area contributed by atoms with Crippen LogP contribution in [0.2, 0.25) is 0 Å². The van der Waals surface area contributed by atoms with E-state index in [-0.39, 0.29) is 5.82 Å². The summed E-state index contributed by atoms with van der Waals surface area (Å²) in [6, 6.07) is 50.7. The van der Waals surface area contributed by atoms with Gasteiger partial charge in [0.1, 0.15) is 5.82 Å². The molecule has 2 heterocycles. The molecule has 2 nitrogen and oxygen atoms in total. The van der Waals surface area contributed by atoms with Crippen molar-refractivity contribution in [2.24, 2.45) is 0 Å². The largest absolute Gasteiger partial charge is 0.228 e. The molecule has 0 saturated heterocycles. The normalized spacial score (nSPS) is 11.3. The van der Waals surface area contributed by atoms with Crippen LogP contribution >= 0.6 is 11.3 Å². The van der Waals surface area contributed by atoms with Gasteiger partial charge in [0.25, 0.3) is 0 Å². The lowest BCUT2D eigenvalue weighted by Crippen LogP contribution is -1.97. The van der Waals surface area contributed by atoms with Gasteiger partial charge in [0.15, 0.2) is 5.82 Å². The van der Waals surface area contributed by atoms with E-state index in [1.165, 1.54) is 31.8 Å². The van der Waals surface area contributed by atoms with Crippen LogP contribution in [0.5, 0.6) is 0 Å². The summed E-state index contributed by atoms with van der Waals surface area (Å²) in [6.07, 6.45) is 0. The molecule has 208 valence electrons. The fourth-order valence-electron chi connectivity index (χ4n) is 5.82. The first-order valence-electron chi connectivity index (χ1n) is 14.5. The van der Waals surface area contributed by atoms with Gasteiger partial charge in [-0.25, -0.2) is 14.4 Å². The van der Waals surface area contributed by atoms with Crippen LogP contribution in [-0.2, 0) is 0 Å². The van der Waals surface area contributed by atoms with Gasteiger partial charge in [-0.1, -0.05) is 109 Å². The summed E-state index contributed by atoms with van der Waals surface area (Å²) in [6.45, 7) is 0. The Hall–Kier alpha value is -5.45. The first-order chi connectivity index (χ1) is 21.7. The summed E-state index contributed by atoms with van der Waals surface area (Å²) in [5.41, 5.74) is 8.03. The van der Waals surface area contributed by atoms with Crippen molar-refractivity contribution in [2.75, 3.05) is 0 Å².